The molecule has 0 spiro atoms. The van der Waals surface area contributed by atoms with E-state index >= 15 is 0 Å². The highest BCUT2D eigenvalue weighted by atomic mass is 32.1. The van der Waals surface area contributed by atoms with Crippen molar-refractivity contribution in [3.05, 3.63) is 45.8 Å². The first-order valence-corrected chi connectivity index (χ1v) is 9.43. The van der Waals surface area contributed by atoms with Crippen LogP contribution < -0.4 is 15.0 Å². The van der Waals surface area contributed by atoms with E-state index < -0.39 is 5.97 Å². The molecule has 7 heteroatoms. The lowest BCUT2D eigenvalue weighted by Gasteiger charge is -2.19. The zero-order chi connectivity index (χ0) is 18.7. The highest BCUT2D eigenvalue weighted by Gasteiger charge is 2.30. The summed E-state index contributed by atoms with van der Waals surface area (Å²) in [5.41, 5.74) is 2.02. The Kier molecular flexibility index (Phi) is 5.58. The van der Waals surface area contributed by atoms with E-state index in [-0.39, 0.29) is 5.91 Å². The molecule has 0 saturated carbocycles. The third kappa shape index (κ3) is 3.73. The SMILES string of the molecule is CCOc1ccc(C(=O)Nc2sc3c(c2C(=O)OC)CC[NH+](C)C3)cc1. The molecule has 1 aromatic carbocycles. The second-order valence-corrected chi connectivity index (χ2v) is 7.35. The molecule has 0 fully saturated rings. The zero-order valence-corrected chi connectivity index (χ0v) is 16.0. The fraction of sp³-hybridized carbons (Fsp3) is 0.368. The molecule has 138 valence electrons. The third-order valence-electron chi connectivity index (χ3n) is 4.40. The van der Waals surface area contributed by atoms with E-state index in [1.807, 2.05) is 6.92 Å². The summed E-state index contributed by atoms with van der Waals surface area (Å²) in [4.78, 5) is 27.4. The predicted molar refractivity (Wildman–Crippen MR) is 100 cm³/mol. The molecule has 0 radical (unpaired) electrons. The number of carbonyl (C=O) groups is 2. The Balaban J connectivity index is 1.86. The minimum Gasteiger partial charge on any atom is -0.494 e. The van der Waals surface area contributed by atoms with Gasteiger partial charge in [0.1, 0.15) is 17.3 Å². The number of methoxy groups -OCH3 is 1. The number of benzene rings is 1. The van der Waals surface area contributed by atoms with Gasteiger partial charge in [0.05, 0.1) is 37.7 Å². The van der Waals surface area contributed by atoms with Gasteiger partial charge in [0.15, 0.2) is 0 Å². The van der Waals surface area contributed by atoms with E-state index in [9.17, 15) is 9.59 Å². The predicted octanol–water partition coefficient (Wildman–Crippen LogP) is 1.76. The molecular formula is C19H23N2O4S+. The van der Waals surface area contributed by atoms with Gasteiger partial charge in [-0.2, -0.15) is 0 Å². The molecule has 3 rings (SSSR count). The Morgan fingerprint density at radius 2 is 2.00 bits per heavy atom. The summed E-state index contributed by atoms with van der Waals surface area (Å²) in [7, 11) is 3.49. The van der Waals surface area contributed by atoms with Crippen molar-refractivity contribution >= 4 is 28.2 Å². The number of amides is 1. The maximum Gasteiger partial charge on any atom is 0.341 e. The van der Waals surface area contributed by atoms with Crippen molar-refractivity contribution in [3.8, 4) is 5.75 Å². The van der Waals surface area contributed by atoms with Crippen molar-refractivity contribution in [2.24, 2.45) is 0 Å². The van der Waals surface area contributed by atoms with Crippen molar-refractivity contribution in [2.45, 2.75) is 19.9 Å². The lowest BCUT2D eigenvalue weighted by molar-refractivity contribution is -0.895. The average molecular weight is 375 g/mol. The Morgan fingerprint density at radius 3 is 2.65 bits per heavy atom. The molecule has 26 heavy (non-hydrogen) atoms. The van der Waals surface area contributed by atoms with E-state index in [1.54, 1.807) is 24.3 Å². The minimum atomic E-state index is -0.399. The number of hydrogen-bond acceptors (Lipinski definition) is 5. The molecular weight excluding hydrogens is 352 g/mol. The quantitative estimate of drug-likeness (QED) is 0.782. The molecule has 0 saturated heterocycles. The number of thiophene rings is 1. The van der Waals surface area contributed by atoms with Gasteiger partial charge < -0.3 is 19.7 Å². The Bertz CT molecular complexity index is 814. The number of quaternary nitrogens is 1. The topological polar surface area (TPSA) is 69.1 Å². The van der Waals surface area contributed by atoms with E-state index in [0.717, 1.165) is 35.7 Å². The lowest BCUT2D eigenvalue weighted by Crippen LogP contribution is -3.08. The summed E-state index contributed by atoms with van der Waals surface area (Å²) in [5, 5.41) is 3.46. The molecule has 1 aromatic heterocycles. The molecule has 1 aliphatic rings. The first-order chi connectivity index (χ1) is 12.5. The van der Waals surface area contributed by atoms with Crippen molar-refractivity contribution in [3.63, 3.8) is 0 Å². The molecule has 2 heterocycles. The molecule has 6 nitrogen and oxygen atoms in total. The van der Waals surface area contributed by atoms with Crippen LogP contribution in [0, 0.1) is 0 Å². The first kappa shape index (κ1) is 18.4. The van der Waals surface area contributed by atoms with Gasteiger partial charge in [0.25, 0.3) is 5.91 Å². The Morgan fingerprint density at radius 1 is 1.27 bits per heavy atom. The molecule has 2 aromatic rings. The highest BCUT2D eigenvalue weighted by molar-refractivity contribution is 7.17. The largest absolute Gasteiger partial charge is 0.494 e. The number of likely N-dealkylation sites (N-methyl/N-ethyl adjacent to an activating group) is 1. The van der Waals surface area contributed by atoms with Gasteiger partial charge in [-0.05, 0) is 36.8 Å². The number of rotatable bonds is 5. The summed E-state index contributed by atoms with van der Waals surface area (Å²) in [5.74, 6) is 0.0680. The number of esters is 1. The normalized spacial score (nSPS) is 15.9. The van der Waals surface area contributed by atoms with Crippen LogP contribution in [0.1, 0.15) is 38.1 Å². The van der Waals surface area contributed by atoms with Crippen LogP contribution in [0.3, 0.4) is 0 Å². The number of anilines is 1. The molecule has 1 unspecified atom stereocenters. The highest BCUT2D eigenvalue weighted by Crippen LogP contribution is 2.35. The van der Waals surface area contributed by atoms with Gasteiger partial charge in [-0.25, -0.2) is 4.79 Å². The smallest absolute Gasteiger partial charge is 0.341 e. The van der Waals surface area contributed by atoms with Crippen LogP contribution in [-0.4, -0.2) is 39.2 Å². The first-order valence-electron chi connectivity index (χ1n) is 8.61. The van der Waals surface area contributed by atoms with E-state index in [0.29, 0.717) is 22.7 Å². The van der Waals surface area contributed by atoms with Gasteiger partial charge in [-0.15, -0.1) is 11.3 Å². The zero-order valence-electron chi connectivity index (χ0n) is 15.2. The van der Waals surface area contributed by atoms with Crippen molar-refractivity contribution in [2.75, 3.05) is 32.6 Å². The van der Waals surface area contributed by atoms with Crippen molar-refractivity contribution in [1.29, 1.82) is 0 Å². The molecule has 2 N–H and O–H groups in total. The summed E-state index contributed by atoms with van der Waals surface area (Å²) in [6, 6.07) is 6.95. The third-order valence-corrected chi connectivity index (χ3v) is 5.55. The summed E-state index contributed by atoms with van der Waals surface area (Å²) < 4.78 is 10.3. The van der Waals surface area contributed by atoms with Crippen LogP contribution in [-0.2, 0) is 17.7 Å². The van der Waals surface area contributed by atoms with Crippen LogP contribution >= 0.6 is 11.3 Å². The van der Waals surface area contributed by atoms with E-state index in [4.69, 9.17) is 9.47 Å². The average Bonchev–Trinajstić information content (AvgIpc) is 2.98. The van der Waals surface area contributed by atoms with Gasteiger partial charge in [0, 0.05) is 12.0 Å². The van der Waals surface area contributed by atoms with Crippen molar-refractivity contribution < 1.29 is 24.0 Å². The monoisotopic (exact) mass is 375 g/mol. The number of hydrogen-bond donors (Lipinski definition) is 2. The van der Waals surface area contributed by atoms with Gasteiger partial charge in [0.2, 0.25) is 0 Å². The van der Waals surface area contributed by atoms with Gasteiger partial charge in [-0.3, -0.25) is 4.79 Å². The second-order valence-electron chi connectivity index (χ2n) is 6.24. The minimum absolute atomic E-state index is 0.252. The lowest BCUT2D eigenvalue weighted by atomic mass is 10.0. The number of carbonyl (C=O) groups excluding carboxylic acids is 2. The summed E-state index contributed by atoms with van der Waals surface area (Å²) >= 11 is 1.47. The van der Waals surface area contributed by atoms with Crippen LogP contribution in [0.5, 0.6) is 5.75 Å². The van der Waals surface area contributed by atoms with E-state index in [2.05, 4.69) is 12.4 Å². The Labute approximate surface area is 156 Å². The molecule has 1 amide bonds. The molecule has 1 aliphatic heterocycles. The fourth-order valence-corrected chi connectivity index (χ4v) is 4.42. The second kappa shape index (κ2) is 7.88. The summed E-state index contributed by atoms with van der Waals surface area (Å²) in [6.45, 7) is 4.29. The van der Waals surface area contributed by atoms with Crippen LogP contribution in [0.4, 0.5) is 5.00 Å². The fourth-order valence-electron chi connectivity index (χ4n) is 3.07. The van der Waals surface area contributed by atoms with Crippen molar-refractivity contribution in [1.82, 2.24) is 0 Å². The van der Waals surface area contributed by atoms with Gasteiger partial charge in [-0.1, -0.05) is 0 Å². The molecule has 1 atom stereocenters. The number of nitrogens with one attached hydrogen (secondary N) is 2. The van der Waals surface area contributed by atoms with Gasteiger partial charge >= 0.3 is 5.97 Å². The van der Waals surface area contributed by atoms with Crippen LogP contribution in [0.2, 0.25) is 0 Å². The molecule has 0 aliphatic carbocycles. The maximum absolute atomic E-state index is 12.6. The maximum atomic E-state index is 12.6. The standard InChI is InChI=1S/C19H22N2O4S/c1-4-25-13-7-5-12(6-8-13)17(22)20-18-16(19(23)24-3)14-9-10-21(2)11-15(14)26-18/h5-8H,4,9-11H2,1-3H3,(H,20,22)/p+1. The van der Waals surface area contributed by atoms with Crippen LogP contribution in [0.25, 0.3) is 0 Å². The van der Waals surface area contributed by atoms with Crippen LogP contribution in [0.15, 0.2) is 24.3 Å². The number of fused-ring (bicyclic) bond motifs is 1. The molecule has 0 bridgehead atoms. The Hall–Kier alpha value is -2.38. The summed E-state index contributed by atoms with van der Waals surface area (Å²) in [6.07, 6.45) is 0.807. The number of ether oxygens (including phenoxy) is 2. The van der Waals surface area contributed by atoms with E-state index in [1.165, 1.54) is 23.3 Å².